The molecule has 0 aromatic heterocycles. The van der Waals surface area contributed by atoms with Gasteiger partial charge in [0.2, 0.25) is 0 Å². The van der Waals surface area contributed by atoms with Crippen molar-refractivity contribution in [2.24, 2.45) is 5.90 Å². The Morgan fingerprint density at radius 3 is 2.59 bits per heavy atom. The molecule has 17 heavy (non-hydrogen) atoms. The minimum Gasteiger partial charge on any atom is -0.345 e. The summed E-state index contributed by atoms with van der Waals surface area (Å²) in [4.78, 5) is 16.4. The molecule has 0 atom stereocenters. The van der Waals surface area contributed by atoms with Gasteiger partial charge < -0.3 is 10.2 Å². The highest BCUT2D eigenvalue weighted by Crippen LogP contribution is 2.22. The van der Waals surface area contributed by atoms with Gasteiger partial charge in [0.05, 0.1) is 22.2 Å². The van der Waals surface area contributed by atoms with Crippen molar-refractivity contribution < 1.29 is 9.63 Å². The predicted molar refractivity (Wildman–Crippen MR) is 68.1 cm³/mol. The third-order valence-corrected chi connectivity index (χ3v) is 2.82. The molecule has 0 heterocycles. The zero-order valence-corrected chi connectivity index (χ0v) is 11.1. The van der Waals surface area contributed by atoms with Gasteiger partial charge in [-0.15, -0.1) is 0 Å². The van der Waals surface area contributed by atoms with E-state index in [1.54, 1.807) is 26.0 Å². The second kappa shape index (κ2) is 5.69. The number of nitrogens with two attached hydrogens (primary N) is 1. The molecule has 0 spiro atoms. The molecule has 1 amide bonds. The lowest BCUT2D eigenvalue weighted by Crippen LogP contribution is -2.47. The lowest BCUT2D eigenvalue weighted by molar-refractivity contribution is 0.0687. The SMILES string of the molecule is CC(C)(CON)NC(=O)c1ccc(Cl)c(Cl)c1. The van der Waals surface area contributed by atoms with Crippen molar-refractivity contribution in [3.63, 3.8) is 0 Å². The molecule has 1 rings (SSSR count). The molecule has 0 saturated heterocycles. The van der Waals surface area contributed by atoms with Gasteiger partial charge in [0.1, 0.15) is 0 Å². The number of hydrogen-bond acceptors (Lipinski definition) is 3. The van der Waals surface area contributed by atoms with Crippen LogP contribution in [0.3, 0.4) is 0 Å². The smallest absolute Gasteiger partial charge is 0.251 e. The molecule has 0 unspecified atom stereocenters. The van der Waals surface area contributed by atoms with Crippen molar-refractivity contribution in [1.29, 1.82) is 0 Å². The molecular weight excluding hydrogens is 263 g/mol. The van der Waals surface area contributed by atoms with Gasteiger partial charge in [-0.05, 0) is 32.0 Å². The molecule has 0 bridgehead atoms. The summed E-state index contributed by atoms with van der Waals surface area (Å²) in [6.45, 7) is 3.81. The zero-order chi connectivity index (χ0) is 13.1. The van der Waals surface area contributed by atoms with E-state index in [9.17, 15) is 4.79 Å². The van der Waals surface area contributed by atoms with E-state index < -0.39 is 5.54 Å². The average molecular weight is 277 g/mol. The number of carbonyl (C=O) groups excluding carboxylic acids is 1. The van der Waals surface area contributed by atoms with Crippen molar-refractivity contribution >= 4 is 29.1 Å². The Kier molecular flexibility index (Phi) is 4.77. The molecule has 0 aliphatic rings. The molecule has 94 valence electrons. The fourth-order valence-corrected chi connectivity index (χ4v) is 1.56. The standard InChI is InChI=1S/C11H14Cl2N2O2/c1-11(2,6-17-14)15-10(16)7-3-4-8(12)9(13)5-7/h3-5H,6,14H2,1-2H3,(H,15,16). The first kappa shape index (κ1) is 14.3. The van der Waals surface area contributed by atoms with E-state index in [0.29, 0.717) is 15.6 Å². The van der Waals surface area contributed by atoms with Gasteiger partial charge in [0.25, 0.3) is 5.91 Å². The Labute approximate surface area is 110 Å². The Balaban J connectivity index is 2.80. The largest absolute Gasteiger partial charge is 0.345 e. The maximum Gasteiger partial charge on any atom is 0.251 e. The number of amides is 1. The Morgan fingerprint density at radius 2 is 2.06 bits per heavy atom. The summed E-state index contributed by atoms with van der Waals surface area (Å²) in [6, 6.07) is 4.69. The van der Waals surface area contributed by atoms with E-state index >= 15 is 0 Å². The Morgan fingerprint density at radius 1 is 1.41 bits per heavy atom. The van der Waals surface area contributed by atoms with Crippen LogP contribution < -0.4 is 11.2 Å². The van der Waals surface area contributed by atoms with Crippen LogP contribution in [0.2, 0.25) is 10.0 Å². The van der Waals surface area contributed by atoms with E-state index in [1.807, 2.05) is 0 Å². The highest BCUT2D eigenvalue weighted by molar-refractivity contribution is 6.42. The number of halogens is 2. The van der Waals surface area contributed by atoms with Crippen LogP contribution >= 0.6 is 23.2 Å². The monoisotopic (exact) mass is 276 g/mol. The normalized spacial score (nSPS) is 11.4. The topological polar surface area (TPSA) is 64.3 Å². The summed E-state index contributed by atoms with van der Waals surface area (Å²) in [6.07, 6.45) is 0. The summed E-state index contributed by atoms with van der Waals surface area (Å²) in [5, 5.41) is 3.52. The predicted octanol–water partition coefficient (Wildman–Crippen LogP) is 2.39. The fourth-order valence-electron chi connectivity index (χ4n) is 1.26. The summed E-state index contributed by atoms with van der Waals surface area (Å²) >= 11 is 11.6. The van der Waals surface area contributed by atoms with Gasteiger partial charge in [-0.1, -0.05) is 23.2 Å². The van der Waals surface area contributed by atoms with E-state index in [2.05, 4.69) is 10.2 Å². The quantitative estimate of drug-likeness (QED) is 0.830. The molecule has 3 N–H and O–H groups in total. The zero-order valence-electron chi connectivity index (χ0n) is 9.59. The first-order chi connectivity index (χ1) is 7.85. The van der Waals surface area contributed by atoms with Gasteiger partial charge in [-0.25, -0.2) is 5.90 Å². The molecule has 0 saturated carbocycles. The van der Waals surface area contributed by atoms with E-state index in [-0.39, 0.29) is 12.5 Å². The van der Waals surface area contributed by atoms with Gasteiger partial charge in [0, 0.05) is 5.56 Å². The van der Waals surface area contributed by atoms with Crippen molar-refractivity contribution in [1.82, 2.24) is 5.32 Å². The molecule has 0 fully saturated rings. The number of rotatable bonds is 4. The fraction of sp³-hybridized carbons (Fsp3) is 0.364. The Bertz CT molecular complexity index is 422. The van der Waals surface area contributed by atoms with E-state index in [1.165, 1.54) is 6.07 Å². The van der Waals surface area contributed by atoms with Crippen LogP contribution in [0.5, 0.6) is 0 Å². The van der Waals surface area contributed by atoms with Crippen molar-refractivity contribution in [3.8, 4) is 0 Å². The molecule has 0 aliphatic heterocycles. The van der Waals surface area contributed by atoms with Gasteiger partial charge in [-0.2, -0.15) is 0 Å². The highest BCUT2D eigenvalue weighted by atomic mass is 35.5. The molecular formula is C11H14Cl2N2O2. The second-order valence-electron chi connectivity index (χ2n) is 4.28. The number of carbonyl (C=O) groups is 1. The third kappa shape index (κ3) is 4.16. The van der Waals surface area contributed by atoms with Gasteiger partial charge in [-0.3, -0.25) is 4.79 Å². The first-order valence-electron chi connectivity index (χ1n) is 4.95. The first-order valence-corrected chi connectivity index (χ1v) is 5.70. The maximum absolute atomic E-state index is 11.9. The minimum absolute atomic E-state index is 0.208. The number of benzene rings is 1. The maximum atomic E-state index is 11.9. The van der Waals surface area contributed by atoms with Crippen LogP contribution in [-0.2, 0) is 4.84 Å². The highest BCUT2D eigenvalue weighted by Gasteiger charge is 2.21. The van der Waals surface area contributed by atoms with Crippen LogP contribution in [0.25, 0.3) is 0 Å². The number of nitrogens with one attached hydrogen (secondary N) is 1. The third-order valence-electron chi connectivity index (χ3n) is 2.08. The summed E-state index contributed by atoms with van der Waals surface area (Å²) in [5.74, 6) is 4.72. The molecule has 1 aromatic carbocycles. The van der Waals surface area contributed by atoms with Crippen LogP contribution in [0.4, 0.5) is 0 Å². The molecule has 4 nitrogen and oxygen atoms in total. The summed E-state index contributed by atoms with van der Waals surface area (Å²) in [7, 11) is 0. The molecule has 6 heteroatoms. The van der Waals surface area contributed by atoms with Gasteiger partial charge in [0.15, 0.2) is 0 Å². The average Bonchev–Trinajstić information content (AvgIpc) is 2.21. The lowest BCUT2D eigenvalue weighted by atomic mass is 10.1. The molecule has 1 aromatic rings. The summed E-state index contributed by atoms with van der Waals surface area (Å²) in [5.41, 5.74) is -0.123. The van der Waals surface area contributed by atoms with Gasteiger partial charge >= 0.3 is 0 Å². The van der Waals surface area contributed by atoms with Crippen molar-refractivity contribution in [2.45, 2.75) is 19.4 Å². The minimum atomic E-state index is -0.558. The van der Waals surface area contributed by atoms with Crippen LogP contribution in [-0.4, -0.2) is 18.1 Å². The number of hydrogen-bond donors (Lipinski definition) is 2. The molecule has 0 radical (unpaired) electrons. The van der Waals surface area contributed by atoms with Crippen LogP contribution in [0, 0.1) is 0 Å². The Hall–Kier alpha value is -0.810. The van der Waals surface area contributed by atoms with Crippen LogP contribution in [0.1, 0.15) is 24.2 Å². The summed E-state index contributed by atoms with van der Waals surface area (Å²) < 4.78 is 0. The van der Waals surface area contributed by atoms with Crippen molar-refractivity contribution in [2.75, 3.05) is 6.61 Å². The molecule has 0 aliphatic carbocycles. The van der Waals surface area contributed by atoms with Crippen molar-refractivity contribution in [3.05, 3.63) is 33.8 Å². The van der Waals surface area contributed by atoms with Crippen LogP contribution in [0.15, 0.2) is 18.2 Å². The lowest BCUT2D eigenvalue weighted by Gasteiger charge is -2.24. The van der Waals surface area contributed by atoms with E-state index in [0.717, 1.165) is 0 Å². The van der Waals surface area contributed by atoms with E-state index in [4.69, 9.17) is 29.1 Å². The second-order valence-corrected chi connectivity index (χ2v) is 5.09.